The first-order valence-corrected chi connectivity index (χ1v) is 10.1. The molecule has 0 spiro atoms. The molecule has 154 valence electrons. The maximum absolute atomic E-state index is 12.6. The van der Waals surface area contributed by atoms with Gasteiger partial charge >= 0.3 is 6.18 Å². The van der Waals surface area contributed by atoms with E-state index in [1.807, 2.05) is 0 Å². The van der Waals surface area contributed by atoms with Gasteiger partial charge in [-0.15, -0.1) is 0 Å². The van der Waals surface area contributed by atoms with Crippen molar-refractivity contribution < 1.29 is 31.2 Å². The number of hydrogen-bond donors (Lipinski definition) is 1. The summed E-state index contributed by atoms with van der Waals surface area (Å²) < 4.78 is 63.3. The van der Waals surface area contributed by atoms with E-state index in [9.17, 15) is 31.2 Å². The minimum atomic E-state index is -4.49. The molecule has 10 heteroatoms. The Kier molecular flexibility index (Phi) is 4.94. The Morgan fingerprint density at radius 1 is 1.10 bits per heavy atom. The van der Waals surface area contributed by atoms with Gasteiger partial charge in [0.15, 0.2) is 0 Å². The maximum atomic E-state index is 12.6. The molecular formula is C19H17F3N2O4S. The molecule has 1 aliphatic heterocycles. The van der Waals surface area contributed by atoms with Crippen molar-refractivity contribution in [3.63, 3.8) is 0 Å². The second-order valence-electron chi connectivity index (χ2n) is 7.29. The molecule has 0 bridgehead atoms. The molecule has 0 unspecified atom stereocenters. The Morgan fingerprint density at radius 2 is 1.72 bits per heavy atom. The Bertz CT molecular complexity index is 1080. The largest absolute Gasteiger partial charge is 0.416 e. The first-order chi connectivity index (χ1) is 13.3. The zero-order chi connectivity index (χ0) is 21.6. The molecule has 0 aliphatic carbocycles. The van der Waals surface area contributed by atoms with Crippen LogP contribution in [0.2, 0.25) is 0 Å². The van der Waals surface area contributed by atoms with Gasteiger partial charge in [0.25, 0.3) is 5.91 Å². The summed E-state index contributed by atoms with van der Waals surface area (Å²) in [7, 11) is -3.87. The number of sulfonamides is 1. The van der Waals surface area contributed by atoms with Crippen LogP contribution in [0, 0.1) is 5.41 Å². The number of nitrogens with zero attached hydrogens (tertiary/aromatic N) is 1. The SMILES string of the molecule is CC1(C)CS(=O)(=O)N(c2cccc(C(=O)Nc3ccc(C(F)(F)F)cc3)c2)C1=O. The van der Waals surface area contributed by atoms with E-state index in [4.69, 9.17) is 0 Å². The van der Waals surface area contributed by atoms with Crippen molar-refractivity contribution in [2.45, 2.75) is 20.0 Å². The Balaban J connectivity index is 1.84. The van der Waals surface area contributed by atoms with Gasteiger partial charge in [-0.2, -0.15) is 13.2 Å². The van der Waals surface area contributed by atoms with Gasteiger partial charge in [0.1, 0.15) is 0 Å². The van der Waals surface area contributed by atoms with Crippen LogP contribution in [0.15, 0.2) is 48.5 Å². The van der Waals surface area contributed by atoms with Crippen LogP contribution in [0.5, 0.6) is 0 Å². The quantitative estimate of drug-likeness (QED) is 0.812. The number of alkyl halides is 3. The maximum Gasteiger partial charge on any atom is 0.416 e. The zero-order valence-electron chi connectivity index (χ0n) is 15.4. The van der Waals surface area contributed by atoms with Crippen LogP contribution in [-0.4, -0.2) is 26.0 Å². The summed E-state index contributed by atoms with van der Waals surface area (Å²) in [5.74, 6) is -1.60. The highest BCUT2D eigenvalue weighted by molar-refractivity contribution is 7.94. The Labute approximate surface area is 165 Å². The first-order valence-electron chi connectivity index (χ1n) is 8.47. The van der Waals surface area contributed by atoms with Crippen LogP contribution in [0.4, 0.5) is 24.5 Å². The fraction of sp³-hybridized carbons (Fsp3) is 0.263. The molecule has 1 fully saturated rings. The van der Waals surface area contributed by atoms with Crippen LogP contribution in [-0.2, 0) is 21.0 Å². The van der Waals surface area contributed by atoms with Gasteiger partial charge in [0.05, 0.1) is 22.4 Å². The lowest BCUT2D eigenvalue weighted by Gasteiger charge is -2.18. The van der Waals surface area contributed by atoms with E-state index in [-0.39, 0.29) is 22.7 Å². The molecule has 2 amide bonds. The summed E-state index contributed by atoms with van der Waals surface area (Å²) in [4.78, 5) is 24.9. The molecule has 0 saturated carbocycles. The van der Waals surface area contributed by atoms with Gasteiger partial charge in [0.2, 0.25) is 15.9 Å². The number of carbonyl (C=O) groups excluding carboxylic acids is 2. The van der Waals surface area contributed by atoms with E-state index < -0.39 is 39.0 Å². The molecule has 29 heavy (non-hydrogen) atoms. The molecule has 6 nitrogen and oxygen atoms in total. The van der Waals surface area contributed by atoms with Crippen LogP contribution in [0.3, 0.4) is 0 Å². The standard InChI is InChI=1S/C19H17F3N2O4S/c1-18(2)11-29(27,28)24(17(18)26)15-5-3-4-12(10-15)16(25)23-14-8-6-13(7-9-14)19(20,21)22/h3-10H,11H2,1-2H3,(H,23,25). The summed E-state index contributed by atoms with van der Waals surface area (Å²) in [5.41, 5.74) is -1.72. The van der Waals surface area contributed by atoms with Crippen molar-refractivity contribution in [2.75, 3.05) is 15.4 Å². The lowest BCUT2D eigenvalue weighted by Crippen LogP contribution is -2.33. The molecule has 0 atom stereocenters. The number of rotatable bonds is 3. The molecule has 1 saturated heterocycles. The van der Waals surface area contributed by atoms with Gasteiger partial charge in [-0.05, 0) is 56.3 Å². The summed E-state index contributed by atoms with van der Waals surface area (Å²) in [6, 6.07) is 9.37. The van der Waals surface area contributed by atoms with Gasteiger partial charge in [0, 0.05) is 11.3 Å². The van der Waals surface area contributed by atoms with E-state index in [1.165, 1.54) is 38.1 Å². The third-order valence-corrected chi connectivity index (χ3v) is 6.42. The average Bonchev–Trinajstić information content (AvgIpc) is 2.77. The molecule has 1 N–H and O–H groups in total. The second-order valence-corrected chi connectivity index (χ2v) is 9.11. The van der Waals surface area contributed by atoms with Gasteiger partial charge in [-0.25, -0.2) is 12.7 Å². The van der Waals surface area contributed by atoms with E-state index in [0.29, 0.717) is 4.31 Å². The average molecular weight is 426 g/mol. The van der Waals surface area contributed by atoms with Crippen molar-refractivity contribution in [3.05, 3.63) is 59.7 Å². The predicted molar refractivity (Wildman–Crippen MR) is 101 cm³/mol. The highest BCUT2D eigenvalue weighted by Crippen LogP contribution is 2.36. The molecule has 1 heterocycles. The van der Waals surface area contributed by atoms with Crippen LogP contribution < -0.4 is 9.62 Å². The number of carbonyl (C=O) groups is 2. The number of amides is 2. The first kappa shape index (κ1) is 20.8. The number of nitrogens with one attached hydrogen (secondary N) is 1. The Hall–Kier alpha value is -2.88. The number of benzene rings is 2. The Morgan fingerprint density at radius 3 is 2.24 bits per heavy atom. The summed E-state index contributed by atoms with van der Waals surface area (Å²) in [5, 5.41) is 2.44. The van der Waals surface area contributed by atoms with E-state index in [2.05, 4.69) is 5.32 Å². The number of hydrogen-bond acceptors (Lipinski definition) is 4. The smallest absolute Gasteiger partial charge is 0.322 e. The van der Waals surface area contributed by atoms with Crippen LogP contribution in [0.25, 0.3) is 0 Å². The van der Waals surface area contributed by atoms with Crippen molar-refractivity contribution in [1.82, 2.24) is 0 Å². The molecule has 2 aromatic carbocycles. The molecule has 0 radical (unpaired) electrons. The van der Waals surface area contributed by atoms with Crippen LogP contribution in [0.1, 0.15) is 29.8 Å². The minimum Gasteiger partial charge on any atom is -0.322 e. The fourth-order valence-electron chi connectivity index (χ4n) is 2.98. The number of halogens is 3. The van der Waals surface area contributed by atoms with Crippen molar-refractivity contribution in [3.8, 4) is 0 Å². The molecular weight excluding hydrogens is 409 g/mol. The monoisotopic (exact) mass is 426 g/mol. The molecule has 1 aliphatic rings. The topological polar surface area (TPSA) is 83.6 Å². The third kappa shape index (κ3) is 4.12. The lowest BCUT2D eigenvalue weighted by molar-refractivity contribution is -0.137. The summed E-state index contributed by atoms with van der Waals surface area (Å²) in [6.07, 6.45) is -4.49. The third-order valence-electron chi connectivity index (χ3n) is 4.40. The zero-order valence-corrected chi connectivity index (χ0v) is 16.3. The van der Waals surface area contributed by atoms with Crippen molar-refractivity contribution in [2.24, 2.45) is 5.41 Å². The van der Waals surface area contributed by atoms with E-state index in [0.717, 1.165) is 24.3 Å². The summed E-state index contributed by atoms with van der Waals surface area (Å²) >= 11 is 0. The highest BCUT2D eigenvalue weighted by atomic mass is 32.2. The van der Waals surface area contributed by atoms with Crippen molar-refractivity contribution in [1.29, 1.82) is 0 Å². The van der Waals surface area contributed by atoms with Gasteiger partial charge in [-0.1, -0.05) is 6.07 Å². The van der Waals surface area contributed by atoms with Crippen LogP contribution >= 0.6 is 0 Å². The van der Waals surface area contributed by atoms with E-state index >= 15 is 0 Å². The molecule has 0 aromatic heterocycles. The minimum absolute atomic E-state index is 0.0284. The van der Waals surface area contributed by atoms with Gasteiger partial charge in [-0.3, -0.25) is 9.59 Å². The normalized spacial score (nSPS) is 18.0. The van der Waals surface area contributed by atoms with Crippen molar-refractivity contribution >= 4 is 33.2 Å². The highest BCUT2D eigenvalue weighted by Gasteiger charge is 2.50. The molecule has 3 rings (SSSR count). The summed E-state index contributed by atoms with van der Waals surface area (Å²) in [6.45, 7) is 3.04. The van der Waals surface area contributed by atoms with Gasteiger partial charge < -0.3 is 5.32 Å². The second kappa shape index (κ2) is 6.87. The fourth-order valence-corrected chi connectivity index (χ4v) is 5.08. The molecule has 2 aromatic rings. The predicted octanol–water partition coefficient (Wildman–Crippen LogP) is 3.66. The number of anilines is 2. The van der Waals surface area contributed by atoms with E-state index in [1.54, 1.807) is 0 Å². The lowest BCUT2D eigenvalue weighted by atomic mass is 9.95.